The van der Waals surface area contributed by atoms with Gasteiger partial charge in [-0.15, -0.1) is 24.8 Å². The first kappa shape index (κ1) is 12.6. The van der Waals surface area contributed by atoms with Crippen LogP contribution < -0.4 is 5.32 Å². The topological polar surface area (TPSA) is 24.9 Å². The lowest BCUT2D eigenvalue weighted by Gasteiger charge is -2.26. The highest BCUT2D eigenvalue weighted by molar-refractivity contribution is 5.85. The van der Waals surface area contributed by atoms with E-state index in [1.807, 2.05) is 0 Å². The van der Waals surface area contributed by atoms with Crippen molar-refractivity contribution in [2.75, 3.05) is 13.1 Å². The molecule has 0 amide bonds. The van der Waals surface area contributed by atoms with Crippen molar-refractivity contribution in [2.24, 2.45) is 0 Å². The van der Waals surface area contributed by atoms with Crippen LogP contribution in [0.25, 0.3) is 0 Å². The van der Waals surface area contributed by atoms with Gasteiger partial charge in [0, 0.05) is 25.2 Å². The molecule has 1 saturated heterocycles. The summed E-state index contributed by atoms with van der Waals surface area (Å²) in [4.78, 5) is 3.78. The number of nitrogens with zero attached hydrogens (tertiary/aromatic N) is 1. The van der Waals surface area contributed by atoms with Crippen LogP contribution in [-0.2, 0) is 0 Å². The summed E-state index contributed by atoms with van der Waals surface area (Å²) in [5, 5.41) is 3.13. The Balaban J connectivity index is 0.000000720. The third kappa shape index (κ3) is 2.79. The minimum Gasteiger partial charge on any atom is -0.315 e. The number of pyridine rings is 1. The summed E-state index contributed by atoms with van der Waals surface area (Å²) in [5.74, 6) is 0.229. The van der Waals surface area contributed by atoms with Gasteiger partial charge in [-0.2, -0.15) is 0 Å². The van der Waals surface area contributed by atoms with Gasteiger partial charge in [-0.3, -0.25) is 4.98 Å². The first-order chi connectivity index (χ1) is 5.36. The van der Waals surface area contributed by atoms with Crippen molar-refractivity contribution in [3.05, 3.63) is 29.8 Å². The molecule has 0 aliphatic carbocycles. The van der Waals surface area contributed by atoms with Crippen LogP contribution in [0.5, 0.6) is 0 Å². The van der Waals surface area contributed by atoms with Gasteiger partial charge in [0.15, 0.2) is 0 Å². The van der Waals surface area contributed by atoms with Crippen molar-refractivity contribution >= 4 is 24.8 Å². The molecule has 2 heterocycles. The predicted molar refractivity (Wildman–Crippen MR) is 54.3 cm³/mol. The molecule has 0 bridgehead atoms. The number of hydrogen-bond acceptors (Lipinski definition) is 2. The molecule has 1 fully saturated rings. The maximum Gasteiger partial charge on any atom is 0.141 e. The van der Waals surface area contributed by atoms with Crippen LogP contribution in [0.15, 0.2) is 18.5 Å². The van der Waals surface area contributed by atoms with Crippen molar-refractivity contribution in [2.45, 2.75) is 5.92 Å². The maximum absolute atomic E-state index is 12.6. The molecule has 0 radical (unpaired) electrons. The zero-order chi connectivity index (χ0) is 7.68. The second-order valence-electron chi connectivity index (χ2n) is 2.79. The zero-order valence-electron chi connectivity index (χ0n) is 6.87. The van der Waals surface area contributed by atoms with Gasteiger partial charge in [-0.1, -0.05) is 0 Å². The van der Waals surface area contributed by atoms with Gasteiger partial charge in [-0.25, -0.2) is 4.39 Å². The Hall–Kier alpha value is -0.380. The Morgan fingerprint density at radius 3 is 2.46 bits per heavy atom. The minimum absolute atomic E-state index is 0. The van der Waals surface area contributed by atoms with E-state index in [1.54, 1.807) is 12.3 Å². The van der Waals surface area contributed by atoms with E-state index >= 15 is 0 Å². The van der Waals surface area contributed by atoms with Crippen LogP contribution in [0.1, 0.15) is 11.5 Å². The second-order valence-corrected chi connectivity index (χ2v) is 2.79. The summed E-state index contributed by atoms with van der Waals surface area (Å²) in [6.07, 6.45) is 2.96. The van der Waals surface area contributed by atoms with Crippen LogP contribution in [0, 0.1) is 5.82 Å². The number of halogens is 3. The molecule has 74 valence electrons. The molecular weight excluding hydrogens is 214 g/mol. The third-order valence-corrected chi connectivity index (χ3v) is 1.98. The van der Waals surface area contributed by atoms with Gasteiger partial charge < -0.3 is 5.32 Å². The summed E-state index contributed by atoms with van der Waals surface area (Å²) < 4.78 is 12.6. The average molecular weight is 225 g/mol. The van der Waals surface area contributed by atoms with Gasteiger partial charge >= 0.3 is 0 Å². The fraction of sp³-hybridized carbons (Fsp3) is 0.375. The standard InChI is InChI=1S/C8H9FN2.2ClH/c9-8-1-6(2-11-5-8)7-3-10-4-7;;/h1-2,5,7,10H,3-4H2;2*1H. The average Bonchev–Trinajstić information content (AvgIpc) is 1.83. The van der Waals surface area contributed by atoms with E-state index < -0.39 is 0 Å². The SMILES string of the molecule is Cl.Cl.Fc1cncc(C2CNC2)c1. The molecular formula is C8H11Cl2FN2. The van der Waals surface area contributed by atoms with Crippen LogP contribution in [0.3, 0.4) is 0 Å². The van der Waals surface area contributed by atoms with Gasteiger partial charge in [0.05, 0.1) is 6.20 Å². The lowest BCUT2D eigenvalue weighted by Crippen LogP contribution is -2.39. The first-order valence-electron chi connectivity index (χ1n) is 3.67. The molecule has 2 nitrogen and oxygen atoms in total. The molecule has 1 aromatic rings. The van der Waals surface area contributed by atoms with E-state index in [0.717, 1.165) is 18.7 Å². The summed E-state index contributed by atoms with van der Waals surface area (Å²) in [6, 6.07) is 1.55. The van der Waals surface area contributed by atoms with E-state index in [0.29, 0.717) is 5.92 Å². The van der Waals surface area contributed by atoms with Crippen LogP contribution in [-0.4, -0.2) is 18.1 Å². The Morgan fingerprint density at radius 1 is 1.31 bits per heavy atom. The molecule has 2 rings (SSSR count). The maximum atomic E-state index is 12.6. The van der Waals surface area contributed by atoms with Crippen molar-refractivity contribution in [3.63, 3.8) is 0 Å². The van der Waals surface area contributed by atoms with Crippen molar-refractivity contribution in [1.82, 2.24) is 10.3 Å². The van der Waals surface area contributed by atoms with E-state index in [-0.39, 0.29) is 30.6 Å². The molecule has 0 saturated carbocycles. The summed E-state index contributed by atoms with van der Waals surface area (Å²) in [6.45, 7) is 1.90. The largest absolute Gasteiger partial charge is 0.315 e. The Labute approximate surface area is 88.8 Å². The zero-order valence-corrected chi connectivity index (χ0v) is 8.50. The molecule has 0 atom stereocenters. The second kappa shape index (κ2) is 5.37. The quantitative estimate of drug-likeness (QED) is 0.787. The van der Waals surface area contributed by atoms with Crippen LogP contribution in [0.2, 0.25) is 0 Å². The number of aromatic nitrogens is 1. The van der Waals surface area contributed by atoms with Crippen molar-refractivity contribution in [1.29, 1.82) is 0 Å². The van der Waals surface area contributed by atoms with Crippen LogP contribution >= 0.6 is 24.8 Å². The Morgan fingerprint density at radius 2 is 2.00 bits per heavy atom. The van der Waals surface area contributed by atoms with E-state index in [4.69, 9.17) is 0 Å². The molecule has 1 aliphatic rings. The molecule has 0 unspecified atom stereocenters. The van der Waals surface area contributed by atoms with E-state index in [9.17, 15) is 4.39 Å². The van der Waals surface area contributed by atoms with Gasteiger partial charge in [0.2, 0.25) is 0 Å². The lowest BCUT2D eigenvalue weighted by atomic mass is 9.95. The monoisotopic (exact) mass is 224 g/mol. The highest BCUT2D eigenvalue weighted by Gasteiger charge is 2.18. The predicted octanol–water partition coefficient (Wildman–Crippen LogP) is 1.75. The molecule has 13 heavy (non-hydrogen) atoms. The molecule has 1 N–H and O–H groups in total. The lowest BCUT2D eigenvalue weighted by molar-refractivity contribution is 0.445. The summed E-state index contributed by atoms with van der Waals surface area (Å²) in [5.41, 5.74) is 1.00. The van der Waals surface area contributed by atoms with Crippen LogP contribution in [0.4, 0.5) is 4.39 Å². The Bertz CT molecular complexity index is 266. The number of nitrogens with one attached hydrogen (secondary N) is 1. The molecule has 1 aromatic heterocycles. The summed E-state index contributed by atoms with van der Waals surface area (Å²) >= 11 is 0. The molecule has 1 aliphatic heterocycles. The first-order valence-corrected chi connectivity index (χ1v) is 3.67. The van der Waals surface area contributed by atoms with E-state index in [2.05, 4.69) is 10.3 Å². The van der Waals surface area contributed by atoms with E-state index in [1.165, 1.54) is 6.20 Å². The number of rotatable bonds is 1. The third-order valence-electron chi connectivity index (χ3n) is 1.98. The molecule has 0 aromatic carbocycles. The fourth-order valence-electron chi connectivity index (χ4n) is 1.18. The minimum atomic E-state index is -0.241. The normalized spacial score (nSPS) is 15.2. The Kier molecular flexibility index (Phi) is 5.21. The fourth-order valence-corrected chi connectivity index (χ4v) is 1.18. The van der Waals surface area contributed by atoms with Crippen molar-refractivity contribution in [3.8, 4) is 0 Å². The van der Waals surface area contributed by atoms with Crippen molar-refractivity contribution < 1.29 is 4.39 Å². The van der Waals surface area contributed by atoms with Gasteiger partial charge in [0.25, 0.3) is 0 Å². The highest BCUT2D eigenvalue weighted by atomic mass is 35.5. The van der Waals surface area contributed by atoms with Gasteiger partial charge in [-0.05, 0) is 11.6 Å². The molecule has 5 heteroatoms. The smallest absolute Gasteiger partial charge is 0.141 e. The highest BCUT2D eigenvalue weighted by Crippen LogP contribution is 2.18. The number of hydrogen-bond donors (Lipinski definition) is 1. The summed E-state index contributed by atoms with van der Waals surface area (Å²) in [7, 11) is 0. The van der Waals surface area contributed by atoms with Gasteiger partial charge in [0.1, 0.15) is 5.82 Å². The molecule has 0 spiro atoms.